The van der Waals surface area contributed by atoms with Crippen LogP contribution in [0.5, 0.6) is 5.88 Å². The molecule has 0 aliphatic carbocycles. The first kappa shape index (κ1) is 9.97. The first-order valence-corrected chi connectivity index (χ1v) is 4.77. The van der Waals surface area contributed by atoms with E-state index >= 15 is 0 Å². The number of carboxylic acid groups (broad SMARTS) is 1. The normalized spacial score (nSPS) is 14.7. The van der Waals surface area contributed by atoms with Crippen molar-refractivity contribution in [2.45, 2.75) is 19.5 Å². The predicted molar refractivity (Wildman–Crippen MR) is 51.8 cm³/mol. The molecule has 82 valence electrons. The van der Waals surface area contributed by atoms with Gasteiger partial charge in [0.15, 0.2) is 0 Å². The van der Waals surface area contributed by atoms with Gasteiger partial charge in [-0.25, -0.2) is 4.68 Å². The predicted octanol–water partition coefficient (Wildman–Crippen LogP) is -0.378. The Morgan fingerprint density at radius 3 is 3.20 bits per heavy atom. The lowest BCUT2D eigenvalue weighted by molar-refractivity contribution is -0.138. The Labute approximate surface area is 86.8 Å². The summed E-state index contributed by atoms with van der Waals surface area (Å²) < 4.78 is 6.58. The Morgan fingerprint density at radius 2 is 2.53 bits per heavy atom. The van der Waals surface area contributed by atoms with Gasteiger partial charge < -0.3 is 15.2 Å². The number of carboxylic acids is 1. The van der Waals surface area contributed by atoms with Crippen molar-refractivity contribution in [1.82, 2.24) is 15.1 Å². The monoisotopic (exact) mass is 211 g/mol. The molecule has 6 nitrogen and oxygen atoms in total. The minimum absolute atomic E-state index is 0.157. The summed E-state index contributed by atoms with van der Waals surface area (Å²) in [6.07, 6.45) is 0.818. The molecule has 0 aromatic carbocycles. The topological polar surface area (TPSA) is 76.4 Å². The molecule has 1 aliphatic rings. The van der Waals surface area contributed by atoms with E-state index in [1.54, 1.807) is 0 Å². The lowest BCUT2D eigenvalue weighted by Crippen LogP contribution is -2.23. The highest BCUT2D eigenvalue weighted by Gasteiger charge is 2.21. The molecule has 0 atom stereocenters. The molecule has 1 aromatic heterocycles. The third-order valence-electron chi connectivity index (χ3n) is 2.40. The summed E-state index contributed by atoms with van der Waals surface area (Å²) in [7, 11) is 1.53. The fraction of sp³-hybridized carbons (Fsp3) is 0.556. The molecule has 0 saturated carbocycles. The molecule has 0 saturated heterocycles. The first-order valence-electron chi connectivity index (χ1n) is 4.77. The van der Waals surface area contributed by atoms with Crippen LogP contribution in [0.4, 0.5) is 0 Å². The van der Waals surface area contributed by atoms with Gasteiger partial charge in [-0.05, 0) is 0 Å². The van der Waals surface area contributed by atoms with Crippen LogP contribution in [-0.4, -0.2) is 34.5 Å². The van der Waals surface area contributed by atoms with Gasteiger partial charge in [0.1, 0.15) is 6.54 Å². The first-order chi connectivity index (χ1) is 7.22. The number of nitrogens with one attached hydrogen (secondary N) is 1. The van der Waals surface area contributed by atoms with Gasteiger partial charge in [0.25, 0.3) is 0 Å². The van der Waals surface area contributed by atoms with Crippen molar-refractivity contribution in [1.29, 1.82) is 0 Å². The average Bonchev–Trinajstić information content (AvgIpc) is 2.53. The fourth-order valence-corrected chi connectivity index (χ4v) is 1.79. The molecule has 15 heavy (non-hydrogen) atoms. The number of fused-ring (bicyclic) bond motifs is 1. The van der Waals surface area contributed by atoms with Gasteiger partial charge in [0.05, 0.1) is 18.4 Å². The van der Waals surface area contributed by atoms with Crippen LogP contribution in [-0.2, 0) is 24.3 Å². The van der Waals surface area contributed by atoms with E-state index in [-0.39, 0.29) is 6.54 Å². The summed E-state index contributed by atoms with van der Waals surface area (Å²) in [5.41, 5.74) is 1.91. The van der Waals surface area contributed by atoms with Crippen LogP contribution in [0, 0.1) is 0 Å². The molecule has 0 radical (unpaired) electrons. The number of methoxy groups -OCH3 is 1. The Morgan fingerprint density at radius 1 is 1.73 bits per heavy atom. The van der Waals surface area contributed by atoms with Crippen molar-refractivity contribution >= 4 is 5.97 Å². The third kappa shape index (κ3) is 1.80. The fourth-order valence-electron chi connectivity index (χ4n) is 1.79. The summed E-state index contributed by atoms with van der Waals surface area (Å²) in [5, 5.41) is 16.2. The van der Waals surface area contributed by atoms with E-state index in [0.29, 0.717) is 12.4 Å². The van der Waals surface area contributed by atoms with Crippen LogP contribution in [0.2, 0.25) is 0 Å². The second kappa shape index (κ2) is 3.90. The zero-order valence-corrected chi connectivity index (χ0v) is 8.49. The summed E-state index contributed by atoms with van der Waals surface area (Å²) in [6.45, 7) is 1.41. The molecule has 2 N–H and O–H groups in total. The zero-order chi connectivity index (χ0) is 10.8. The maximum Gasteiger partial charge on any atom is 0.325 e. The summed E-state index contributed by atoms with van der Waals surface area (Å²) >= 11 is 0. The second-order valence-electron chi connectivity index (χ2n) is 3.41. The minimum Gasteiger partial charge on any atom is -0.481 e. The van der Waals surface area contributed by atoms with E-state index in [9.17, 15) is 4.79 Å². The van der Waals surface area contributed by atoms with Crippen molar-refractivity contribution in [3.63, 3.8) is 0 Å². The van der Waals surface area contributed by atoms with Crippen LogP contribution in [0.1, 0.15) is 11.3 Å². The number of aliphatic carboxylic acids is 1. The van der Waals surface area contributed by atoms with E-state index in [1.807, 2.05) is 0 Å². The number of carbonyl (C=O) groups is 1. The van der Waals surface area contributed by atoms with Gasteiger partial charge in [-0.15, -0.1) is 0 Å². The van der Waals surface area contributed by atoms with Crippen LogP contribution in [0.15, 0.2) is 0 Å². The van der Waals surface area contributed by atoms with E-state index in [2.05, 4.69) is 10.4 Å². The Kier molecular flexibility index (Phi) is 2.59. The maximum atomic E-state index is 10.6. The molecule has 2 heterocycles. The Balaban J connectivity index is 2.37. The molecule has 6 heteroatoms. The van der Waals surface area contributed by atoms with Crippen molar-refractivity contribution in [3.05, 3.63) is 11.3 Å². The Bertz CT molecular complexity index is 386. The van der Waals surface area contributed by atoms with Crippen LogP contribution in [0.25, 0.3) is 0 Å². The minimum atomic E-state index is -0.916. The molecule has 0 bridgehead atoms. The molecule has 0 amide bonds. The van der Waals surface area contributed by atoms with E-state index in [0.717, 1.165) is 24.2 Å². The van der Waals surface area contributed by atoms with E-state index < -0.39 is 5.97 Å². The smallest absolute Gasteiger partial charge is 0.325 e. The SMILES string of the molecule is COc1c2c(nn1CC(=O)O)CCNC2. The highest BCUT2D eigenvalue weighted by molar-refractivity contribution is 5.66. The summed E-state index contributed by atoms with van der Waals surface area (Å²) in [4.78, 5) is 10.6. The molecule has 0 unspecified atom stereocenters. The molecule has 2 rings (SSSR count). The lowest BCUT2D eigenvalue weighted by atomic mass is 10.1. The van der Waals surface area contributed by atoms with E-state index in [1.165, 1.54) is 11.8 Å². The van der Waals surface area contributed by atoms with Gasteiger partial charge in [0, 0.05) is 19.5 Å². The summed E-state index contributed by atoms with van der Waals surface area (Å²) in [5.74, 6) is -0.360. The Hall–Kier alpha value is -1.56. The zero-order valence-electron chi connectivity index (χ0n) is 8.49. The summed E-state index contributed by atoms with van der Waals surface area (Å²) in [6, 6.07) is 0. The van der Waals surface area contributed by atoms with Gasteiger partial charge in [-0.3, -0.25) is 4.79 Å². The van der Waals surface area contributed by atoms with Gasteiger partial charge >= 0.3 is 5.97 Å². The highest BCUT2D eigenvalue weighted by Crippen LogP contribution is 2.24. The lowest BCUT2D eigenvalue weighted by Gasteiger charge is -2.11. The van der Waals surface area contributed by atoms with Crippen molar-refractivity contribution in [2.24, 2.45) is 0 Å². The standard InChI is InChI=1S/C9H13N3O3/c1-15-9-6-4-10-3-2-7(6)11-12(9)5-8(13)14/h10H,2-5H2,1H3,(H,13,14). The number of nitrogens with zero attached hydrogens (tertiary/aromatic N) is 2. The van der Waals surface area contributed by atoms with Crippen LogP contribution >= 0.6 is 0 Å². The largest absolute Gasteiger partial charge is 0.481 e. The van der Waals surface area contributed by atoms with Crippen molar-refractivity contribution < 1.29 is 14.6 Å². The molecule has 1 aliphatic heterocycles. The van der Waals surface area contributed by atoms with Crippen molar-refractivity contribution in [2.75, 3.05) is 13.7 Å². The third-order valence-corrected chi connectivity index (χ3v) is 2.40. The number of aromatic nitrogens is 2. The van der Waals surface area contributed by atoms with Crippen LogP contribution < -0.4 is 10.1 Å². The number of hydrogen-bond donors (Lipinski definition) is 2. The number of rotatable bonds is 3. The molecule has 0 spiro atoms. The number of hydrogen-bond acceptors (Lipinski definition) is 4. The molecule has 1 aromatic rings. The molecule has 0 fully saturated rings. The molecular formula is C9H13N3O3. The van der Waals surface area contributed by atoms with Crippen molar-refractivity contribution in [3.8, 4) is 5.88 Å². The molecular weight excluding hydrogens is 198 g/mol. The highest BCUT2D eigenvalue weighted by atomic mass is 16.5. The van der Waals surface area contributed by atoms with Gasteiger partial charge in [-0.1, -0.05) is 0 Å². The maximum absolute atomic E-state index is 10.6. The van der Waals surface area contributed by atoms with E-state index in [4.69, 9.17) is 9.84 Å². The van der Waals surface area contributed by atoms with Gasteiger partial charge in [-0.2, -0.15) is 5.10 Å². The van der Waals surface area contributed by atoms with Gasteiger partial charge in [0.2, 0.25) is 5.88 Å². The number of ether oxygens (including phenoxy) is 1. The van der Waals surface area contributed by atoms with Crippen LogP contribution in [0.3, 0.4) is 0 Å². The quantitative estimate of drug-likeness (QED) is 0.713. The second-order valence-corrected chi connectivity index (χ2v) is 3.41. The average molecular weight is 211 g/mol.